The van der Waals surface area contributed by atoms with Gasteiger partial charge in [0.15, 0.2) is 0 Å². The van der Waals surface area contributed by atoms with Gasteiger partial charge in [0.2, 0.25) is 0 Å². The van der Waals surface area contributed by atoms with Gasteiger partial charge >= 0.3 is 16.1 Å². The van der Waals surface area contributed by atoms with Gasteiger partial charge in [-0.1, -0.05) is 64.7 Å². The standard InChI is InChI=1S/C15H31NO4S.H3N/c1-2-3-4-5-6-7-8-9-10-11-12-15(17)20-21(18,19)14-13-16;/h2-14,16H2,1H3;1H3. The Hall–Kier alpha value is -0.660. The predicted octanol–water partition coefficient (Wildman–Crippen LogP) is 3.29. The Bertz CT molecular complexity index is 359. The smallest absolute Gasteiger partial charge is 0.322 e. The summed E-state index contributed by atoms with van der Waals surface area (Å²) in [5.41, 5.74) is 5.13. The summed E-state index contributed by atoms with van der Waals surface area (Å²) in [6.45, 7) is 2.18. The molecule has 0 aliphatic rings. The van der Waals surface area contributed by atoms with Crippen molar-refractivity contribution in [1.29, 1.82) is 0 Å². The molecule has 0 fully saturated rings. The average Bonchev–Trinajstić information content (AvgIpc) is 2.40. The van der Waals surface area contributed by atoms with Crippen molar-refractivity contribution >= 4 is 16.1 Å². The molecule has 0 aliphatic carbocycles. The lowest BCUT2D eigenvalue weighted by Gasteiger charge is -2.04. The second kappa shape index (κ2) is 15.2. The van der Waals surface area contributed by atoms with Crippen LogP contribution in [0.3, 0.4) is 0 Å². The van der Waals surface area contributed by atoms with Gasteiger partial charge in [0.05, 0.1) is 5.75 Å². The van der Waals surface area contributed by atoms with Crippen LogP contribution in [0.2, 0.25) is 0 Å². The van der Waals surface area contributed by atoms with Crippen LogP contribution < -0.4 is 11.9 Å². The van der Waals surface area contributed by atoms with Crippen molar-refractivity contribution in [2.45, 2.75) is 77.6 Å². The summed E-state index contributed by atoms with van der Waals surface area (Å²) in [6, 6.07) is 0. The van der Waals surface area contributed by atoms with E-state index in [9.17, 15) is 13.2 Å². The van der Waals surface area contributed by atoms with Crippen LogP contribution in [0.5, 0.6) is 0 Å². The highest BCUT2D eigenvalue weighted by molar-refractivity contribution is 7.87. The van der Waals surface area contributed by atoms with Crippen molar-refractivity contribution in [3.8, 4) is 0 Å². The van der Waals surface area contributed by atoms with Gasteiger partial charge in [0.25, 0.3) is 0 Å². The van der Waals surface area contributed by atoms with Crippen molar-refractivity contribution in [2.75, 3.05) is 12.3 Å². The Morgan fingerprint density at radius 1 is 0.909 bits per heavy atom. The molecule has 0 amide bonds. The summed E-state index contributed by atoms with van der Waals surface area (Å²) < 4.78 is 26.8. The van der Waals surface area contributed by atoms with E-state index >= 15 is 0 Å². The van der Waals surface area contributed by atoms with Crippen molar-refractivity contribution in [1.82, 2.24) is 6.15 Å². The number of unbranched alkanes of at least 4 members (excludes halogenated alkanes) is 9. The van der Waals surface area contributed by atoms with Gasteiger partial charge < -0.3 is 16.1 Å². The van der Waals surface area contributed by atoms with Gasteiger partial charge in [-0.3, -0.25) is 4.79 Å². The molecule has 6 nitrogen and oxygen atoms in total. The van der Waals surface area contributed by atoms with Crippen molar-refractivity contribution in [3.05, 3.63) is 0 Å². The van der Waals surface area contributed by atoms with Gasteiger partial charge in [0, 0.05) is 13.0 Å². The highest BCUT2D eigenvalue weighted by atomic mass is 32.2. The van der Waals surface area contributed by atoms with Crippen LogP contribution >= 0.6 is 0 Å². The second-order valence-corrected chi connectivity index (χ2v) is 7.13. The fourth-order valence-corrected chi connectivity index (χ4v) is 2.86. The van der Waals surface area contributed by atoms with Crippen LogP contribution in [0, 0.1) is 0 Å². The Kier molecular flexibility index (Phi) is 16.4. The van der Waals surface area contributed by atoms with Crippen molar-refractivity contribution in [2.24, 2.45) is 5.73 Å². The van der Waals surface area contributed by atoms with Crippen molar-refractivity contribution < 1.29 is 17.4 Å². The monoisotopic (exact) mass is 338 g/mol. The first-order chi connectivity index (χ1) is 10.0. The maximum Gasteiger partial charge on any atom is 0.322 e. The summed E-state index contributed by atoms with van der Waals surface area (Å²) in [5, 5.41) is 0. The third kappa shape index (κ3) is 15.7. The van der Waals surface area contributed by atoms with Gasteiger partial charge in [0.1, 0.15) is 0 Å². The molecule has 0 saturated carbocycles. The fraction of sp³-hybridized carbons (Fsp3) is 0.933. The minimum Gasteiger partial charge on any atom is -0.346 e. The number of hydrogen-bond donors (Lipinski definition) is 2. The van der Waals surface area contributed by atoms with Crippen LogP contribution in [0.25, 0.3) is 0 Å². The molecule has 0 aromatic heterocycles. The van der Waals surface area contributed by atoms with E-state index in [0.29, 0.717) is 6.42 Å². The van der Waals surface area contributed by atoms with E-state index in [4.69, 9.17) is 5.73 Å². The third-order valence-corrected chi connectivity index (χ3v) is 4.50. The quantitative estimate of drug-likeness (QED) is 0.370. The topological polar surface area (TPSA) is 121 Å². The van der Waals surface area contributed by atoms with E-state index in [2.05, 4.69) is 11.1 Å². The Morgan fingerprint density at radius 3 is 1.82 bits per heavy atom. The first kappa shape index (κ1) is 23.6. The average molecular weight is 339 g/mol. The maximum absolute atomic E-state index is 11.3. The fourth-order valence-electron chi connectivity index (χ4n) is 2.13. The number of rotatable bonds is 14. The van der Waals surface area contributed by atoms with E-state index in [-0.39, 0.29) is 24.9 Å². The van der Waals surface area contributed by atoms with E-state index in [1.165, 1.54) is 44.9 Å². The summed E-state index contributed by atoms with van der Waals surface area (Å²) in [5.74, 6) is -0.973. The Morgan fingerprint density at radius 2 is 1.36 bits per heavy atom. The second-order valence-electron chi connectivity index (χ2n) is 5.44. The lowest BCUT2D eigenvalue weighted by atomic mass is 10.1. The number of nitrogens with two attached hydrogens (primary N) is 1. The SMILES string of the molecule is CCCCCCCCCCCCC(=O)OS(=O)(=O)CCN.N. The number of carbonyl (C=O) groups excluding carboxylic acids is 1. The minimum atomic E-state index is -3.77. The van der Waals surface area contributed by atoms with Gasteiger partial charge in [-0.2, -0.15) is 8.42 Å². The zero-order chi connectivity index (χ0) is 16.0. The van der Waals surface area contributed by atoms with Crippen LogP contribution in [0.4, 0.5) is 0 Å². The predicted molar refractivity (Wildman–Crippen MR) is 90.4 cm³/mol. The molecule has 134 valence electrons. The van der Waals surface area contributed by atoms with Gasteiger partial charge in [-0.15, -0.1) is 0 Å². The first-order valence-electron chi connectivity index (χ1n) is 8.17. The minimum absolute atomic E-state index is 0. The van der Waals surface area contributed by atoms with Crippen LogP contribution in [-0.4, -0.2) is 26.7 Å². The molecule has 5 N–H and O–H groups in total. The summed E-state index contributed by atoms with van der Waals surface area (Å²) in [7, 11) is -3.77. The molecule has 0 spiro atoms. The molecule has 0 heterocycles. The lowest BCUT2D eigenvalue weighted by molar-refractivity contribution is -0.133. The molecule has 0 rings (SSSR count). The molecule has 22 heavy (non-hydrogen) atoms. The largest absolute Gasteiger partial charge is 0.346 e. The van der Waals surface area contributed by atoms with Gasteiger partial charge in [-0.05, 0) is 6.42 Å². The number of hydrogen-bond acceptors (Lipinski definition) is 6. The highest BCUT2D eigenvalue weighted by Crippen LogP contribution is 2.11. The first-order valence-corrected chi connectivity index (χ1v) is 9.74. The third-order valence-electron chi connectivity index (χ3n) is 3.32. The molecule has 0 aromatic rings. The van der Waals surface area contributed by atoms with E-state index in [1.54, 1.807) is 0 Å². The maximum atomic E-state index is 11.3. The molecule has 0 bridgehead atoms. The Labute approximate surface area is 135 Å². The van der Waals surface area contributed by atoms with E-state index in [0.717, 1.165) is 12.8 Å². The van der Waals surface area contributed by atoms with E-state index in [1.807, 2.05) is 0 Å². The number of carbonyl (C=O) groups is 1. The molecule has 0 atom stereocenters. The molecule has 0 saturated heterocycles. The molecular formula is C15H34N2O4S. The highest BCUT2D eigenvalue weighted by Gasteiger charge is 2.15. The van der Waals surface area contributed by atoms with Crippen molar-refractivity contribution in [3.63, 3.8) is 0 Å². The summed E-state index contributed by atoms with van der Waals surface area (Å²) in [4.78, 5) is 11.3. The molecule has 0 radical (unpaired) electrons. The molecule has 0 unspecified atom stereocenters. The van der Waals surface area contributed by atoms with Crippen LogP contribution in [-0.2, 0) is 19.1 Å². The zero-order valence-corrected chi connectivity index (χ0v) is 14.8. The molecule has 0 aromatic carbocycles. The van der Waals surface area contributed by atoms with Gasteiger partial charge in [-0.25, -0.2) is 0 Å². The van der Waals surface area contributed by atoms with E-state index < -0.39 is 16.1 Å². The van der Waals surface area contributed by atoms with Crippen LogP contribution in [0.15, 0.2) is 0 Å². The lowest BCUT2D eigenvalue weighted by Crippen LogP contribution is -2.21. The molecule has 0 aliphatic heterocycles. The Balaban J connectivity index is 0. The normalized spacial score (nSPS) is 11.0. The molecule has 7 heteroatoms. The summed E-state index contributed by atoms with van der Waals surface area (Å²) >= 11 is 0. The molecular weight excluding hydrogens is 304 g/mol. The zero-order valence-electron chi connectivity index (χ0n) is 14.0. The van der Waals surface area contributed by atoms with Crippen LogP contribution in [0.1, 0.15) is 77.6 Å². The summed E-state index contributed by atoms with van der Waals surface area (Å²) in [6.07, 6.45) is 11.9.